The van der Waals surface area contributed by atoms with Gasteiger partial charge < -0.3 is 15.6 Å². The molecule has 0 radical (unpaired) electrons. The first-order valence-electron chi connectivity index (χ1n) is 12.5. The first-order valence-corrected chi connectivity index (χ1v) is 12.9. The molecule has 2 amide bonds. The maximum Gasteiger partial charge on any atom is 0.262 e. The average Bonchev–Trinajstić information content (AvgIpc) is 2.91. The summed E-state index contributed by atoms with van der Waals surface area (Å²) in [6, 6.07) is 14.6. The zero-order valence-electron chi connectivity index (χ0n) is 20.2. The molecule has 0 bridgehead atoms. The Bertz CT molecular complexity index is 1400. The number of rotatable bonds is 5. The van der Waals surface area contributed by atoms with Crippen molar-refractivity contribution in [3.63, 3.8) is 0 Å². The molecule has 36 heavy (non-hydrogen) atoms. The smallest absolute Gasteiger partial charge is 0.262 e. The van der Waals surface area contributed by atoms with Crippen molar-refractivity contribution in [3.05, 3.63) is 74.8 Å². The van der Waals surface area contributed by atoms with Crippen LogP contribution >= 0.6 is 12.2 Å². The highest BCUT2D eigenvalue weighted by Gasteiger charge is 2.45. The lowest BCUT2D eigenvalue weighted by atomic mass is 9.83. The Labute approximate surface area is 214 Å². The summed E-state index contributed by atoms with van der Waals surface area (Å²) in [6.45, 7) is 3.10. The van der Waals surface area contributed by atoms with Crippen LogP contribution in [-0.2, 0) is 11.3 Å². The van der Waals surface area contributed by atoms with Gasteiger partial charge in [-0.2, -0.15) is 0 Å². The Morgan fingerprint density at radius 2 is 1.61 bits per heavy atom. The number of benzene rings is 2. The molecule has 3 heterocycles. The summed E-state index contributed by atoms with van der Waals surface area (Å²) in [5.41, 5.74) is 7.26. The van der Waals surface area contributed by atoms with E-state index in [1.54, 1.807) is 18.2 Å². The number of hydrogen-bond acceptors (Lipinski definition) is 5. The summed E-state index contributed by atoms with van der Waals surface area (Å²) in [6.07, 6.45) is 4.48. The molecule has 188 valence electrons. The molecule has 2 aromatic carbocycles. The SMILES string of the molecule is NC(=O)C1(N2CCCCC2)CCN(C(=O)c2ccc(Cn3c(=S)[nH]c4ccccc4c3=O)cc2)CC1. The summed E-state index contributed by atoms with van der Waals surface area (Å²) in [5, 5.41) is 0.583. The number of primary amides is 1. The predicted octanol–water partition coefficient (Wildman–Crippen LogP) is 3.05. The van der Waals surface area contributed by atoms with Crippen molar-refractivity contribution >= 4 is 34.9 Å². The Kier molecular flexibility index (Phi) is 6.77. The zero-order valence-corrected chi connectivity index (χ0v) is 21.1. The predicted molar refractivity (Wildman–Crippen MR) is 141 cm³/mol. The van der Waals surface area contributed by atoms with Crippen molar-refractivity contribution in [3.8, 4) is 0 Å². The fourth-order valence-electron chi connectivity index (χ4n) is 5.58. The van der Waals surface area contributed by atoms with Gasteiger partial charge in [-0.15, -0.1) is 0 Å². The number of hydrogen-bond donors (Lipinski definition) is 2. The Morgan fingerprint density at radius 3 is 2.28 bits per heavy atom. The van der Waals surface area contributed by atoms with Gasteiger partial charge >= 0.3 is 0 Å². The molecule has 0 aliphatic carbocycles. The molecule has 1 aromatic heterocycles. The van der Waals surface area contributed by atoms with Crippen molar-refractivity contribution in [2.75, 3.05) is 26.2 Å². The fourth-order valence-corrected chi connectivity index (χ4v) is 5.84. The van der Waals surface area contributed by atoms with E-state index in [2.05, 4.69) is 9.88 Å². The number of para-hydroxylation sites is 1. The third-order valence-corrected chi connectivity index (χ3v) is 8.05. The molecule has 0 saturated carbocycles. The van der Waals surface area contributed by atoms with Crippen LogP contribution in [-0.4, -0.2) is 62.9 Å². The lowest BCUT2D eigenvalue weighted by Crippen LogP contribution is -2.63. The molecule has 0 spiro atoms. The monoisotopic (exact) mass is 505 g/mol. The first-order chi connectivity index (χ1) is 17.4. The molecular formula is C27H31N5O3S. The molecule has 0 atom stereocenters. The van der Waals surface area contributed by atoms with Crippen molar-refractivity contribution < 1.29 is 9.59 Å². The number of nitrogens with zero attached hydrogens (tertiary/aromatic N) is 3. The molecule has 8 nitrogen and oxygen atoms in total. The normalized spacial score (nSPS) is 18.3. The lowest BCUT2D eigenvalue weighted by Gasteiger charge is -2.48. The quantitative estimate of drug-likeness (QED) is 0.519. The lowest BCUT2D eigenvalue weighted by molar-refractivity contribution is -0.134. The molecule has 2 aliphatic heterocycles. The molecule has 2 saturated heterocycles. The van der Waals surface area contributed by atoms with E-state index >= 15 is 0 Å². The minimum atomic E-state index is -0.646. The third-order valence-electron chi connectivity index (χ3n) is 7.73. The van der Waals surface area contributed by atoms with E-state index in [1.165, 1.54) is 11.0 Å². The van der Waals surface area contributed by atoms with Gasteiger partial charge in [-0.3, -0.25) is 23.9 Å². The van der Waals surface area contributed by atoms with Gasteiger partial charge in [-0.25, -0.2) is 0 Å². The standard InChI is InChI=1S/C27H31N5O3S/c28-25(35)27(31-14-4-1-5-15-31)12-16-30(17-13-27)23(33)20-10-8-19(9-11-20)18-32-24(34)21-6-2-3-7-22(21)29-26(32)36/h2-3,6-11H,1,4-5,12-18H2,(H2,28,35)(H,29,36). The highest BCUT2D eigenvalue weighted by Crippen LogP contribution is 2.32. The van der Waals surface area contributed by atoms with Crippen LogP contribution in [0.1, 0.15) is 48.0 Å². The van der Waals surface area contributed by atoms with E-state index in [0.717, 1.165) is 31.5 Å². The van der Waals surface area contributed by atoms with E-state index in [1.807, 2.05) is 35.2 Å². The number of H-pyrrole nitrogens is 1. The van der Waals surface area contributed by atoms with Crippen LogP contribution in [0.4, 0.5) is 0 Å². The van der Waals surface area contributed by atoms with Crippen LogP contribution in [0.5, 0.6) is 0 Å². The second-order valence-electron chi connectivity index (χ2n) is 9.80. The maximum absolute atomic E-state index is 13.2. The average molecular weight is 506 g/mol. The Hall–Kier alpha value is -3.30. The molecule has 5 rings (SSSR count). The second-order valence-corrected chi connectivity index (χ2v) is 10.2. The number of nitrogens with one attached hydrogen (secondary N) is 1. The largest absolute Gasteiger partial charge is 0.368 e. The number of piperidine rings is 2. The van der Waals surface area contributed by atoms with Gasteiger partial charge in [-0.05, 0) is 80.8 Å². The number of likely N-dealkylation sites (tertiary alicyclic amines) is 2. The molecule has 0 unspecified atom stereocenters. The van der Waals surface area contributed by atoms with Crippen molar-refractivity contribution in [1.29, 1.82) is 0 Å². The van der Waals surface area contributed by atoms with Gasteiger partial charge in [0.05, 0.1) is 17.4 Å². The molecule has 2 aliphatic rings. The summed E-state index contributed by atoms with van der Waals surface area (Å²) in [5.74, 6) is -0.332. The molecule has 3 N–H and O–H groups in total. The fraction of sp³-hybridized carbons (Fsp3) is 0.407. The highest BCUT2D eigenvalue weighted by molar-refractivity contribution is 7.71. The van der Waals surface area contributed by atoms with Crippen LogP contribution in [0.15, 0.2) is 53.3 Å². The van der Waals surface area contributed by atoms with E-state index in [-0.39, 0.29) is 17.4 Å². The topological polar surface area (TPSA) is 104 Å². The van der Waals surface area contributed by atoms with Crippen molar-refractivity contribution in [2.45, 2.75) is 44.2 Å². The van der Waals surface area contributed by atoms with Crippen LogP contribution in [0.3, 0.4) is 0 Å². The van der Waals surface area contributed by atoms with Crippen molar-refractivity contribution in [1.82, 2.24) is 19.4 Å². The van der Waals surface area contributed by atoms with Gasteiger partial charge in [0, 0.05) is 18.7 Å². The number of carbonyl (C=O) groups excluding carboxylic acids is 2. The van der Waals surface area contributed by atoms with Crippen LogP contribution < -0.4 is 11.3 Å². The summed E-state index contributed by atoms with van der Waals surface area (Å²) < 4.78 is 1.89. The number of nitrogens with two attached hydrogens (primary N) is 1. The number of aromatic nitrogens is 2. The number of carbonyl (C=O) groups is 2. The number of aromatic amines is 1. The minimum absolute atomic E-state index is 0.0570. The molecule has 3 aromatic rings. The molecule has 2 fully saturated rings. The van der Waals surface area contributed by atoms with E-state index in [0.29, 0.717) is 53.7 Å². The van der Waals surface area contributed by atoms with Crippen molar-refractivity contribution in [2.24, 2.45) is 5.73 Å². The van der Waals surface area contributed by atoms with Crippen LogP contribution in [0, 0.1) is 4.77 Å². The Balaban J connectivity index is 1.28. The van der Waals surface area contributed by atoms with E-state index in [9.17, 15) is 14.4 Å². The van der Waals surface area contributed by atoms with Gasteiger partial charge in [0.2, 0.25) is 5.91 Å². The number of fused-ring (bicyclic) bond motifs is 1. The summed E-state index contributed by atoms with van der Waals surface area (Å²) in [4.78, 5) is 45.8. The van der Waals surface area contributed by atoms with Gasteiger partial charge in [0.25, 0.3) is 11.5 Å². The van der Waals surface area contributed by atoms with Gasteiger partial charge in [0.15, 0.2) is 4.77 Å². The molecule has 9 heteroatoms. The van der Waals surface area contributed by atoms with Crippen LogP contribution in [0.25, 0.3) is 10.9 Å². The third kappa shape index (κ3) is 4.49. The molecular weight excluding hydrogens is 474 g/mol. The summed E-state index contributed by atoms with van der Waals surface area (Å²) in [7, 11) is 0. The van der Waals surface area contributed by atoms with Gasteiger partial charge in [0.1, 0.15) is 5.54 Å². The second kappa shape index (κ2) is 9.99. The van der Waals surface area contributed by atoms with Crippen LogP contribution in [0.2, 0.25) is 0 Å². The van der Waals surface area contributed by atoms with Gasteiger partial charge in [-0.1, -0.05) is 30.7 Å². The van der Waals surface area contributed by atoms with E-state index in [4.69, 9.17) is 18.0 Å². The van der Waals surface area contributed by atoms with E-state index < -0.39 is 5.54 Å². The highest BCUT2D eigenvalue weighted by atomic mass is 32.1. The first kappa shape index (κ1) is 24.4. The zero-order chi connectivity index (χ0) is 25.3. The minimum Gasteiger partial charge on any atom is -0.368 e. The Morgan fingerprint density at radius 1 is 0.944 bits per heavy atom. The maximum atomic E-state index is 13.2. The summed E-state index contributed by atoms with van der Waals surface area (Å²) >= 11 is 5.41. The number of amides is 2.